The molecule has 2 rings (SSSR count). The van der Waals surface area contributed by atoms with Crippen LogP contribution in [0.25, 0.3) is 0 Å². The molecule has 0 saturated heterocycles. The fourth-order valence-electron chi connectivity index (χ4n) is 1.59. The Balaban J connectivity index is 2.20. The first-order chi connectivity index (χ1) is 9.08. The predicted octanol–water partition coefficient (Wildman–Crippen LogP) is 4.32. The second-order valence-electron chi connectivity index (χ2n) is 3.88. The molecular weight excluding hydrogens is 346 g/mol. The summed E-state index contributed by atoms with van der Waals surface area (Å²) in [5.41, 5.74) is 7.36. The van der Waals surface area contributed by atoms with E-state index in [0.29, 0.717) is 22.9 Å². The monoisotopic (exact) mass is 355 g/mol. The Hall–Kier alpha value is -1.10. The van der Waals surface area contributed by atoms with E-state index in [2.05, 4.69) is 15.9 Å². The normalized spacial score (nSPS) is 10.2. The van der Waals surface area contributed by atoms with Crippen molar-refractivity contribution < 1.29 is 4.74 Å². The highest BCUT2D eigenvalue weighted by Crippen LogP contribution is 2.25. The number of halogens is 2. The van der Waals surface area contributed by atoms with Crippen LogP contribution >= 0.6 is 39.7 Å². The van der Waals surface area contributed by atoms with Crippen molar-refractivity contribution in [2.45, 2.75) is 6.61 Å². The molecule has 0 radical (unpaired) electrons. The molecule has 0 unspecified atom stereocenters. The molecule has 0 amide bonds. The molecular formula is C14H11BrClNOS. The van der Waals surface area contributed by atoms with Crippen LogP contribution < -0.4 is 10.5 Å². The van der Waals surface area contributed by atoms with E-state index in [-0.39, 0.29) is 4.99 Å². The van der Waals surface area contributed by atoms with Crippen molar-refractivity contribution in [3.63, 3.8) is 0 Å². The van der Waals surface area contributed by atoms with Gasteiger partial charge in [0.25, 0.3) is 0 Å². The van der Waals surface area contributed by atoms with Crippen LogP contribution in [0.2, 0.25) is 5.02 Å². The lowest BCUT2D eigenvalue weighted by Crippen LogP contribution is -2.11. The van der Waals surface area contributed by atoms with Gasteiger partial charge in [-0.15, -0.1) is 0 Å². The standard InChI is InChI=1S/C14H11BrClNOS/c15-12-4-2-1-3-9(12)8-18-13-6-5-10(16)7-11(13)14(17)19/h1-7H,8H2,(H2,17,19). The smallest absolute Gasteiger partial charge is 0.130 e. The van der Waals surface area contributed by atoms with Crippen molar-refractivity contribution in [3.8, 4) is 5.75 Å². The zero-order valence-electron chi connectivity index (χ0n) is 9.90. The van der Waals surface area contributed by atoms with Crippen molar-refractivity contribution in [1.29, 1.82) is 0 Å². The average Bonchev–Trinajstić information content (AvgIpc) is 2.38. The summed E-state index contributed by atoms with van der Waals surface area (Å²) in [4.78, 5) is 0.268. The largest absolute Gasteiger partial charge is 0.488 e. The van der Waals surface area contributed by atoms with E-state index in [1.807, 2.05) is 24.3 Å². The minimum absolute atomic E-state index is 0.268. The van der Waals surface area contributed by atoms with Gasteiger partial charge >= 0.3 is 0 Å². The molecule has 0 spiro atoms. The van der Waals surface area contributed by atoms with Crippen molar-refractivity contribution in [3.05, 3.63) is 63.1 Å². The summed E-state index contributed by atoms with van der Waals surface area (Å²) in [6, 6.07) is 13.1. The Morgan fingerprint density at radius 3 is 2.68 bits per heavy atom. The van der Waals surface area contributed by atoms with E-state index in [1.54, 1.807) is 18.2 Å². The van der Waals surface area contributed by atoms with E-state index < -0.39 is 0 Å². The molecule has 0 bridgehead atoms. The molecule has 0 saturated carbocycles. The zero-order valence-corrected chi connectivity index (χ0v) is 13.1. The fourth-order valence-corrected chi connectivity index (χ4v) is 2.32. The summed E-state index contributed by atoms with van der Waals surface area (Å²) < 4.78 is 6.76. The van der Waals surface area contributed by atoms with Crippen LogP contribution in [0.4, 0.5) is 0 Å². The maximum absolute atomic E-state index is 5.93. The molecule has 2 N–H and O–H groups in total. The number of hydrogen-bond donors (Lipinski definition) is 1. The molecule has 0 aliphatic rings. The van der Waals surface area contributed by atoms with Gasteiger partial charge in [0.15, 0.2) is 0 Å². The third kappa shape index (κ3) is 3.69. The SMILES string of the molecule is NC(=S)c1cc(Cl)ccc1OCc1ccccc1Br. The lowest BCUT2D eigenvalue weighted by molar-refractivity contribution is 0.305. The van der Waals surface area contributed by atoms with Gasteiger partial charge in [-0.2, -0.15) is 0 Å². The van der Waals surface area contributed by atoms with E-state index in [1.165, 1.54) is 0 Å². The number of benzene rings is 2. The first-order valence-electron chi connectivity index (χ1n) is 5.53. The fraction of sp³-hybridized carbons (Fsp3) is 0.0714. The quantitative estimate of drug-likeness (QED) is 0.829. The van der Waals surface area contributed by atoms with Crippen LogP contribution in [0.15, 0.2) is 46.9 Å². The van der Waals surface area contributed by atoms with Gasteiger partial charge in [0.2, 0.25) is 0 Å². The molecule has 5 heteroatoms. The van der Waals surface area contributed by atoms with Crippen molar-refractivity contribution >= 4 is 44.7 Å². The molecule has 0 aliphatic carbocycles. The van der Waals surface area contributed by atoms with Gasteiger partial charge in [0.05, 0.1) is 5.56 Å². The van der Waals surface area contributed by atoms with Gasteiger partial charge in [-0.3, -0.25) is 0 Å². The average molecular weight is 357 g/mol. The number of thiocarbonyl (C=S) groups is 1. The number of ether oxygens (including phenoxy) is 1. The van der Waals surface area contributed by atoms with E-state index in [4.69, 9.17) is 34.3 Å². The molecule has 19 heavy (non-hydrogen) atoms. The lowest BCUT2D eigenvalue weighted by atomic mass is 10.2. The number of nitrogens with two attached hydrogens (primary N) is 1. The second-order valence-corrected chi connectivity index (χ2v) is 5.62. The van der Waals surface area contributed by atoms with E-state index in [0.717, 1.165) is 10.0 Å². The van der Waals surface area contributed by atoms with Crippen LogP contribution in [0.5, 0.6) is 5.75 Å². The van der Waals surface area contributed by atoms with Crippen LogP contribution in [0, 0.1) is 0 Å². The number of rotatable bonds is 4. The summed E-state index contributed by atoms with van der Waals surface area (Å²) in [6.07, 6.45) is 0. The van der Waals surface area contributed by atoms with E-state index >= 15 is 0 Å². The topological polar surface area (TPSA) is 35.2 Å². The Kier molecular flexibility index (Phi) is 4.80. The molecule has 0 atom stereocenters. The first-order valence-corrected chi connectivity index (χ1v) is 7.11. The first kappa shape index (κ1) is 14.3. The molecule has 98 valence electrons. The van der Waals surface area contributed by atoms with Crippen molar-refractivity contribution in [2.24, 2.45) is 5.73 Å². The van der Waals surface area contributed by atoms with Crippen LogP contribution in [-0.4, -0.2) is 4.99 Å². The molecule has 2 nitrogen and oxygen atoms in total. The maximum Gasteiger partial charge on any atom is 0.130 e. The summed E-state index contributed by atoms with van der Waals surface area (Å²) in [7, 11) is 0. The lowest BCUT2D eigenvalue weighted by Gasteiger charge is -2.12. The Morgan fingerprint density at radius 2 is 2.00 bits per heavy atom. The van der Waals surface area contributed by atoms with Crippen LogP contribution in [0.1, 0.15) is 11.1 Å². The minimum Gasteiger partial charge on any atom is -0.488 e. The summed E-state index contributed by atoms with van der Waals surface area (Å²) >= 11 is 14.4. The zero-order chi connectivity index (χ0) is 13.8. The third-order valence-corrected chi connectivity index (χ3v) is 3.78. The van der Waals surface area contributed by atoms with Gasteiger partial charge < -0.3 is 10.5 Å². The molecule has 0 heterocycles. The Morgan fingerprint density at radius 1 is 1.26 bits per heavy atom. The highest BCUT2D eigenvalue weighted by atomic mass is 79.9. The predicted molar refractivity (Wildman–Crippen MR) is 85.8 cm³/mol. The summed E-state index contributed by atoms with van der Waals surface area (Å²) in [5, 5.41) is 0.580. The molecule has 2 aromatic rings. The molecule has 2 aromatic carbocycles. The minimum atomic E-state index is 0.268. The molecule has 0 aromatic heterocycles. The van der Waals surface area contributed by atoms with Gasteiger partial charge in [0, 0.05) is 15.1 Å². The molecule has 0 aliphatic heterocycles. The van der Waals surface area contributed by atoms with Crippen molar-refractivity contribution in [1.82, 2.24) is 0 Å². The number of hydrogen-bond acceptors (Lipinski definition) is 2. The summed E-state index contributed by atoms with van der Waals surface area (Å²) in [6.45, 7) is 0.429. The van der Waals surface area contributed by atoms with Gasteiger partial charge in [0.1, 0.15) is 17.3 Å². The van der Waals surface area contributed by atoms with Crippen LogP contribution in [0.3, 0.4) is 0 Å². The van der Waals surface area contributed by atoms with Crippen LogP contribution in [-0.2, 0) is 6.61 Å². The third-order valence-electron chi connectivity index (χ3n) is 2.55. The van der Waals surface area contributed by atoms with E-state index in [9.17, 15) is 0 Å². The Bertz CT molecular complexity index is 618. The highest BCUT2D eigenvalue weighted by molar-refractivity contribution is 9.10. The highest BCUT2D eigenvalue weighted by Gasteiger charge is 2.08. The second kappa shape index (κ2) is 6.37. The summed E-state index contributed by atoms with van der Waals surface area (Å²) in [5.74, 6) is 0.632. The Labute approximate surface area is 130 Å². The van der Waals surface area contributed by atoms with Gasteiger partial charge in [-0.1, -0.05) is 57.9 Å². The van der Waals surface area contributed by atoms with Gasteiger partial charge in [-0.05, 0) is 24.3 Å². The van der Waals surface area contributed by atoms with Crippen molar-refractivity contribution in [2.75, 3.05) is 0 Å². The molecule has 0 fully saturated rings. The van der Waals surface area contributed by atoms with Gasteiger partial charge in [-0.25, -0.2) is 0 Å². The maximum atomic E-state index is 5.93.